The van der Waals surface area contributed by atoms with E-state index < -0.39 is 18.4 Å². The lowest BCUT2D eigenvalue weighted by molar-refractivity contribution is -0.124. The summed E-state index contributed by atoms with van der Waals surface area (Å²) in [5.41, 5.74) is 7.59. The number of rotatable bonds is 12. The van der Waals surface area contributed by atoms with E-state index in [1.165, 1.54) is 66.7 Å². The van der Waals surface area contributed by atoms with Gasteiger partial charge in [0.15, 0.2) is 0 Å². The second-order valence-electron chi connectivity index (χ2n) is 12.2. The summed E-state index contributed by atoms with van der Waals surface area (Å²) in [7, 11) is 4.84. The number of hydrogen-bond donors (Lipinski definition) is 2. The van der Waals surface area contributed by atoms with Gasteiger partial charge in [0.1, 0.15) is 11.9 Å². The molecule has 2 amide bonds. The molecule has 1 atom stereocenters. The smallest absolute Gasteiger partial charge is 0.393 e. The molecule has 266 valence electrons. The Hall–Kier alpha value is -4.97. The van der Waals surface area contributed by atoms with Gasteiger partial charge in [-0.1, -0.05) is 31.2 Å². The zero-order valence-electron chi connectivity index (χ0n) is 28.7. The number of halogens is 4. The molecule has 3 N–H and O–H groups in total. The Labute approximate surface area is 290 Å². The molecule has 1 aliphatic heterocycles. The Morgan fingerprint density at radius 3 is 2.36 bits per heavy atom. The van der Waals surface area contributed by atoms with E-state index in [0.29, 0.717) is 36.5 Å². The van der Waals surface area contributed by atoms with Crippen molar-refractivity contribution in [3.63, 3.8) is 0 Å². The first-order valence-corrected chi connectivity index (χ1v) is 16.4. The quantitative estimate of drug-likeness (QED) is 0.0906. The lowest BCUT2D eigenvalue weighted by Gasteiger charge is -2.31. The molecule has 1 aromatic heterocycles. The van der Waals surface area contributed by atoms with E-state index in [4.69, 9.17) is 10.5 Å². The lowest BCUT2D eigenvalue weighted by atomic mass is 9.87. The highest BCUT2D eigenvalue weighted by molar-refractivity contribution is 6.00. The van der Waals surface area contributed by atoms with Gasteiger partial charge in [-0.2, -0.15) is 13.2 Å². The van der Waals surface area contributed by atoms with E-state index in [-0.39, 0.29) is 51.4 Å². The summed E-state index contributed by atoms with van der Waals surface area (Å²) in [4.78, 5) is 32.2. The average Bonchev–Trinajstić information content (AvgIpc) is 3.08. The number of hydrogen-bond acceptors (Lipinski definition) is 6. The number of nitrogen functional groups attached to an aromatic ring is 1. The zero-order chi connectivity index (χ0) is 36.4. The van der Waals surface area contributed by atoms with Crippen LogP contribution >= 0.6 is 0 Å². The average molecular weight is 694 g/mol. The highest BCUT2D eigenvalue weighted by Gasteiger charge is 2.32. The number of piperidine rings is 1. The number of amides is 2. The maximum Gasteiger partial charge on any atom is 0.393 e. The largest absolute Gasteiger partial charge is 0.473 e. The van der Waals surface area contributed by atoms with Crippen LogP contribution in [0.15, 0.2) is 79.0 Å². The van der Waals surface area contributed by atoms with Crippen LogP contribution in [0.4, 0.5) is 23.2 Å². The summed E-state index contributed by atoms with van der Waals surface area (Å²) in [6.45, 7) is 3.82. The maximum absolute atomic E-state index is 15.1. The molecule has 2 heterocycles. The molecule has 0 saturated carbocycles. The Morgan fingerprint density at radius 1 is 1.06 bits per heavy atom. The molecule has 1 aliphatic rings. The number of nitrogens with two attached hydrogens (primary N) is 1. The normalized spacial score (nSPS) is 16.2. The van der Waals surface area contributed by atoms with Crippen LogP contribution in [-0.2, 0) is 4.79 Å². The third-order valence-electron chi connectivity index (χ3n) is 8.22. The predicted molar refractivity (Wildman–Crippen MR) is 189 cm³/mol. The van der Waals surface area contributed by atoms with Crippen molar-refractivity contribution in [2.24, 2.45) is 0 Å². The molecule has 2 aromatic carbocycles. The number of pyridine rings is 1. The minimum Gasteiger partial charge on any atom is -0.473 e. The number of alkyl halides is 3. The number of nitrogens with zero attached hydrogens (tertiary/aromatic N) is 3. The first-order chi connectivity index (χ1) is 23.8. The van der Waals surface area contributed by atoms with Crippen molar-refractivity contribution in [2.75, 3.05) is 46.5 Å². The number of allylic oxidation sites excluding steroid dienone is 2. The number of likely N-dealkylation sites (tertiary alicyclic amines) is 1. The Morgan fingerprint density at radius 2 is 1.74 bits per heavy atom. The number of aromatic nitrogens is 1. The molecule has 1 fully saturated rings. The van der Waals surface area contributed by atoms with Gasteiger partial charge in [-0.15, -0.1) is 0 Å². The summed E-state index contributed by atoms with van der Waals surface area (Å²) in [6, 6.07) is 13.6. The summed E-state index contributed by atoms with van der Waals surface area (Å²) < 4.78 is 64.1. The Kier molecular flexibility index (Phi) is 12.9. The van der Waals surface area contributed by atoms with E-state index in [1.807, 2.05) is 6.08 Å². The molecular weight excluding hydrogens is 650 g/mol. The van der Waals surface area contributed by atoms with Crippen molar-refractivity contribution in [1.29, 1.82) is 0 Å². The second kappa shape index (κ2) is 17.1. The summed E-state index contributed by atoms with van der Waals surface area (Å²) in [5, 5.41) is 2.51. The topological polar surface area (TPSA) is 101 Å². The number of likely N-dealkylation sites (N-methyl/N-ethyl adjacent to an activating group) is 1. The maximum atomic E-state index is 15.1. The van der Waals surface area contributed by atoms with Crippen molar-refractivity contribution in [2.45, 2.75) is 44.9 Å². The third-order valence-corrected chi connectivity index (χ3v) is 8.22. The fraction of sp³-hybridized carbons (Fsp3) is 0.342. The standard InChI is InChI=1S/C38H43F4N5O3/c1-5-8-32(39)30-21-27(15-17-33(30)43)36(31(22-38(40,41)42)25-11-13-26(14-12-25)37(49)44-2)28-16-18-34(45-23-28)50-29-9-6-19-47(24-29)20-7-10-35(48)46(3)4/h7-8,10-18,21,23,29H,5-6,9,19-20,22,24,43H2,1-4H3,(H,44,49)/b10-7+,32-8-,36-31-. The van der Waals surface area contributed by atoms with Gasteiger partial charge in [0, 0.05) is 74.9 Å². The highest BCUT2D eigenvalue weighted by atomic mass is 19.4. The first kappa shape index (κ1) is 37.8. The van der Waals surface area contributed by atoms with E-state index >= 15 is 4.39 Å². The molecule has 12 heteroatoms. The lowest BCUT2D eigenvalue weighted by Crippen LogP contribution is -2.41. The van der Waals surface area contributed by atoms with Gasteiger partial charge in [-0.05, 0) is 84.5 Å². The highest BCUT2D eigenvalue weighted by Crippen LogP contribution is 2.41. The van der Waals surface area contributed by atoms with Gasteiger partial charge < -0.3 is 20.7 Å². The molecule has 1 unspecified atom stereocenters. The van der Waals surface area contributed by atoms with Crippen LogP contribution in [0.5, 0.6) is 5.88 Å². The van der Waals surface area contributed by atoms with Crippen molar-refractivity contribution in [3.05, 3.63) is 107 Å². The first-order valence-electron chi connectivity index (χ1n) is 16.4. The van der Waals surface area contributed by atoms with Crippen LogP contribution in [-0.4, -0.2) is 79.7 Å². The van der Waals surface area contributed by atoms with Crippen molar-refractivity contribution >= 4 is 34.5 Å². The van der Waals surface area contributed by atoms with Crippen LogP contribution in [0.1, 0.15) is 65.2 Å². The van der Waals surface area contributed by atoms with E-state index in [0.717, 1.165) is 19.4 Å². The van der Waals surface area contributed by atoms with Gasteiger partial charge in [0.25, 0.3) is 5.91 Å². The van der Waals surface area contributed by atoms with Crippen LogP contribution in [0.25, 0.3) is 17.0 Å². The molecule has 0 aliphatic carbocycles. The monoisotopic (exact) mass is 693 g/mol. The number of anilines is 1. The summed E-state index contributed by atoms with van der Waals surface area (Å²) in [5.74, 6) is -0.747. The Bertz CT molecular complexity index is 1730. The molecule has 4 rings (SSSR count). The van der Waals surface area contributed by atoms with E-state index in [1.54, 1.807) is 39.2 Å². The molecule has 0 radical (unpaired) electrons. The fourth-order valence-electron chi connectivity index (χ4n) is 5.72. The number of carbonyl (C=O) groups excluding carboxylic acids is 2. The van der Waals surface area contributed by atoms with Crippen LogP contribution in [0, 0.1) is 0 Å². The number of benzene rings is 2. The van der Waals surface area contributed by atoms with E-state index in [2.05, 4.69) is 15.2 Å². The zero-order valence-corrected chi connectivity index (χ0v) is 28.7. The number of nitrogens with one attached hydrogen (secondary N) is 1. The van der Waals surface area contributed by atoms with Crippen LogP contribution in [0.2, 0.25) is 0 Å². The van der Waals surface area contributed by atoms with Crippen LogP contribution < -0.4 is 15.8 Å². The minimum atomic E-state index is -4.61. The molecule has 50 heavy (non-hydrogen) atoms. The molecule has 1 saturated heterocycles. The van der Waals surface area contributed by atoms with Gasteiger partial charge in [0.05, 0.1) is 6.42 Å². The number of ether oxygens (including phenoxy) is 1. The van der Waals surface area contributed by atoms with Gasteiger partial charge in [-0.25, -0.2) is 9.37 Å². The molecular formula is C38H43F4N5O3. The second-order valence-corrected chi connectivity index (χ2v) is 12.2. The third kappa shape index (κ3) is 10.3. The summed E-state index contributed by atoms with van der Waals surface area (Å²) in [6.07, 6.45) is 2.14. The SMILES string of the molecule is CC/C=C(\F)c1cc(/C(=C(\CC(F)(F)F)c2ccc(C(=O)NC)cc2)c2ccc(OC3CCCN(C/C=C/C(=O)N(C)C)C3)nc2)ccc1N. The van der Waals surface area contributed by atoms with E-state index in [9.17, 15) is 22.8 Å². The molecule has 0 bridgehead atoms. The molecule has 8 nitrogen and oxygen atoms in total. The van der Waals surface area contributed by atoms with Gasteiger partial charge >= 0.3 is 6.18 Å². The van der Waals surface area contributed by atoms with Crippen molar-refractivity contribution < 1.29 is 31.9 Å². The fourth-order valence-corrected chi connectivity index (χ4v) is 5.72. The molecule has 0 spiro atoms. The number of carbonyl (C=O) groups is 2. The molecule has 3 aromatic rings. The Balaban J connectivity index is 1.74. The van der Waals surface area contributed by atoms with Gasteiger partial charge in [-0.3, -0.25) is 14.5 Å². The summed E-state index contributed by atoms with van der Waals surface area (Å²) >= 11 is 0. The predicted octanol–water partition coefficient (Wildman–Crippen LogP) is 7.14. The minimum absolute atomic E-state index is 0.0684. The van der Waals surface area contributed by atoms with Crippen LogP contribution in [0.3, 0.4) is 0 Å². The van der Waals surface area contributed by atoms with Crippen molar-refractivity contribution in [1.82, 2.24) is 20.1 Å². The van der Waals surface area contributed by atoms with Crippen molar-refractivity contribution in [3.8, 4) is 5.88 Å². The van der Waals surface area contributed by atoms with Gasteiger partial charge in [0.2, 0.25) is 11.8 Å².